The van der Waals surface area contributed by atoms with Gasteiger partial charge in [-0.25, -0.2) is 0 Å². The molecule has 0 saturated carbocycles. The highest BCUT2D eigenvalue weighted by molar-refractivity contribution is 6.00. The fourth-order valence-corrected chi connectivity index (χ4v) is 2.69. The van der Waals surface area contributed by atoms with Crippen molar-refractivity contribution >= 4 is 18.2 Å². The number of amides is 1. The summed E-state index contributed by atoms with van der Waals surface area (Å²) in [5.74, 6) is -1.31. The molecule has 0 radical (unpaired) electrons. The first-order valence-corrected chi connectivity index (χ1v) is 7.80. The highest BCUT2D eigenvalue weighted by atomic mass is 16.5. The summed E-state index contributed by atoms with van der Waals surface area (Å²) in [6, 6.07) is 6.23. The number of fused-ring (bicyclic) bond motifs is 1. The number of carboxylic acids is 1. The van der Waals surface area contributed by atoms with Gasteiger partial charge in [0.2, 0.25) is 0 Å². The number of aldehydes is 1. The van der Waals surface area contributed by atoms with Gasteiger partial charge in [0.05, 0.1) is 12.6 Å². The van der Waals surface area contributed by atoms with E-state index in [2.05, 4.69) is 0 Å². The summed E-state index contributed by atoms with van der Waals surface area (Å²) in [6.07, 6.45) is -0.174. The fourth-order valence-electron chi connectivity index (χ4n) is 2.69. The highest BCUT2D eigenvalue weighted by Crippen LogP contribution is 2.36. The summed E-state index contributed by atoms with van der Waals surface area (Å²) in [4.78, 5) is 38.3. The maximum atomic E-state index is 12.7. The Morgan fingerprint density at radius 1 is 1.42 bits per heavy atom. The van der Waals surface area contributed by atoms with Crippen LogP contribution in [0, 0.1) is 0 Å². The van der Waals surface area contributed by atoms with Gasteiger partial charge in [-0.05, 0) is 26.6 Å². The average molecular weight is 334 g/mol. The molecule has 1 aliphatic heterocycles. The number of rotatable bonds is 9. The fraction of sp³-hybridized carbons (Fsp3) is 0.471. The zero-order chi connectivity index (χ0) is 17.7. The number of hydrogen-bond donors (Lipinski definition) is 1. The molecule has 0 bridgehead atoms. The van der Waals surface area contributed by atoms with Crippen molar-refractivity contribution in [2.75, 3.05) is 27.2 Å². The zero-order valence-electron chi connectivity index (χ0n) is 13.8. The molecular weight excluding hydrogens is 312 g/mol. The maximum Gasteiger partial charge on any atom is 0.303 e. The van der Waals surface area contributed by atoms with E-state index >= 15 is 0 Å². The van der Waals surface area contributed by atoms with Gasteiger partial charge in [-0.3, -0.25) is 14.5 Å². The Bertz CT molecular complexity index is 617. The van der Waals surface area contributed by atoms with Crippen LogP contribution in [0.5, 0.6) is 0 Å². The van der Waals surface area contributed by atoms with E-state index in [0.29, 0.717) is 30.6 Å². The summed E-state index contributed by atoms with van der Waals surface area (Å²) in [5.41, 5.74) is 1.21. The number of nitrogens with zero attached hydrogens (tertiary/aromatic N) is 2. The van der Waals surface area contributed by atoms with Gasteiger partial charge in [0.25, 0.3) is 5.91 Å². The van der Waals surface area contributed by atoms with Crippen molar-refractivity contribution in [3.8, 4) is 0 Å². The zero-order valence-corrected chi connectivity index (χ0v) is 13.8. The van der Waals surface area contributed by atoms with Crippen LogP contribution in [0.2, 0.25) is 0 Å². The van der Waals surface area contributed by atoms with Crippen LogP contribution in [0.1, 0.15) is 35.0 Å². The maximum absolute atomic E-state index is 12.7. The summed E-state index contributed by atoms with van der Waals surface area (Å²) in [6.45, 7) is 1.06. The molecule has 1 aliphatic rings. The normalized spacial score (nSPS) is 17.9. The van der Waals surface area contributed by atoms with E-state index in [9.17, 15) is 14.4 Å². The van der Waals surface area contributed by atoms with Crippen LogP contribution in [0.4, 0.5) is 0 Å². The number of ether oxygens (including phenoxy) is 1. The lowest BCUT2D eigenvalue weighted by atomic mass is 10.1. The van der Waals surface area contributed by atoms with Gasteiger partial charge >= 0.3 is 5.97 Å². The van der Waals surface area contributed by atoms with Crippen LogP contribution in [0.15, 0.2) is 24.3 Å². The monoisotopic (exact) mass is 334 g/mol. The number of benzene rings is 1. The third-order valence-corrected chi connectivity index (χ3v) is 3.93. The molecule has 7 nitrogen and oxygen atoms in total. The topological polar surface area (TPSA) is 87.2 Å². The van der Waals surface area contributed by atoms with E-state index in [-0.39, 0.29) is 18.7 Å². The molecule has 0 fully saturated rings. The molecule has 130 valence electrons. The van der Waals surface area contributed by atoms with E-state index in [1.165, 1.54) is 4.90 Å². The third-order valence-electron chi connectivity index (χ3n) is 3.93. The Morgan fingerprint density at radius 3 is 2.75 bits per heavy atom. The van der Waals surface area contributed by atoms with Crippen LogP contribution >= 0.6 is 0 Å². The Kier molecular flexibility index (Phi) is 6.05. The number of likely N-dealkylation sites (N-methyl/N-ethyl adjacent to an activating group) is 1. The minimum Gasteiger partial charge on any atom is -0.481 e. The van der Waals surface area contributed by atoms with Crippen LogP contribution in [0.3, 0.4) is 0 Å². The van der Waals surface area contributed by atoms with E-state index < -0.39 is 18.2 Å². The lowest BCUT2D eigenvalue weighted by molar-refractivity contribution is -0.138. The van der Waals surface area contributed by atoms with Gasteiger partial charge in [-0.1, -0.05) is 18.2 Å². The molecular formula is C17H22N2O5. The van der Waals surface area contributed by atoms with Gasteiger partial charge in [0, 0.05) is 24.1 Å². The first kappa shape index (κ1) is 18.1. The largest absolute Gasteiger partial charge is 0.481 e. The minimum atomic E-state index is -1.00. The molecule has 1 N–H and O–H groups in total. The summed E-state index contributed by atoms with van der Waals surface area (Å²) in [5, 5.41) is 8.85. The number of hydrogen-bond acceptors (Lipinski definition) is 5. The predicted molar refractivity (Wildman–Crippen MR) is 86.6 cm³/mol. The molecule has 0 saturated heterocycles. The van der Waals surface area contributed by atoms with Crippen molar-refractivity contribution in [1.82, 2.24) is 9.80 Å². The van der Waals surface area contributed by atoms with Gasteiger partial charge in [0.1, 0.15) is 6.29 Å². The van der Waals surface area contributed by atoms with Crippen molar-refractivity contribution in [2.45, 2.75) is 25.1 Å². The number of aliphatic carboxylic acids is 1. The standard InChI is InChI=1S/C17H22N2O5/c1-18(2)9-10-24-17-14-6-4-3-5-13(14)16(23)19(17)12(11-20)7-8-15(21)22/h3-6,11-12,17H,7-10H2,1-2H3,(H,21,22). The Balaban J connectivity index is 2.24. The van der Waals surface area contributed by atoms with Crippen molar-refractivity contribution < 1.29 is 24.2 Å². The minimum absolute atomic E-state index is 0.0616. The van der Waals surface area contributed by atoms with Gasteiger partial charge in [-0.2, -0.15) is 0 Å². The number of carboxylic acid groups (broad SMARTS) is 1. The van der Waals surface area contributed by atoms with Crippen LogP contribution in [-0.4, -0.2) is 66.4 Å². The van der Waals surface area contributed by atoms with Gasteiger partial charge in [0.15, 0.2) is 6.23 Å². The number of carbonyl (C=O) groups excluding carboxylic acids is 2. The molecule has 0 spiro atoms. The second kappa shape index (κ2) is 8.03. The molecule has 2 unspecified atom stereocenters. The first-order chi connectivity index (χ1) is 11.5. The van der Waals surface area contributed by atoms with Crippen molar-refractivity contribution in [3.63, 3.8) is 0 Å². The average Bonchev–Trinajstić information content (AvgIpc) is 2.81. The Labute approximate surface area is 140 Å². The molecule has 1 heterocycles. The highest BCUT2D eigenvalue weighted by Gasteiger charge is 2.41. The second-order valence-corrected chi connectivity index (χ2v) is 5.96. The molecule has 2 atom stereocenters. The Morgan fingerprint density at radius 2 is 2.12 bits per heavy atom. The van der Waals surface area contributed by atoms with Crippen LogP contribution < -0.4 is 0 Å². The molecule has 7 heteroatoms. The molecule has 24 heavy (non-hydrogen) atoms. The molecule has 2 rings (SSSR count). The summed E-state index contributed by atoms with van der Waals surface area (Å²) >= 11 is 0. The van der Waals surface area contributed by atoms with E-state index in [0.717, 1.165) is 0 Å². The van der Waals surface area contributed by atoms with Crippen LogP contribution in [0.25, 0.3) is 0 Å². The Hall–Kier alpha value is -2.25. The molecule has 1 aromatic rings. The van der Waals surface area contributed by atoms with Gasteiger partial charge < -0.3 is 19.5 Å². The van der Waals surface area contributed by atoms with E-state index in [1.54, 1.807) is 18.2 Å². The van der Waals surface area contributed by atoms with Gasteiger partial charge in [-0.15, -0.1) is 0 Å². The molecule has 1 aromatic carbocycles. The summed E-state index contributed by atoms with van der Waals surface area (Å²) in [7, 11) is 3.83. The van der Waals surface area contributed by atoms with Crippen molar-refractivity contribution in [3.05, 3.63) is 35.4 Å². The predicted octanol–water partition coefficient (Wildman–Crippen LogP) is 1.15. The molecule has 1 amide bonds. The third kappa shape index (κ3) is 3.98. The SMILES string of the molecule is CN(C)CCOC1c2ccccc2C(=O)N1C(C=O)CCC(=O)O. The molecule has 0 aromatic heterocycles. The smallest absolute Gasteiger partial charge is 0.303 e. The van der Waals surface area contributed by atoms with Crippen LogP contribution in [-0.2, 0) is 14.3 Å². The number of carbonyl (C=O) groups is 3. The lowest BCUT2D eigenvalue weighted by Gasteiger charge is -2.30. The molecule has 0 aliphatic carbocycles. The quantitative estimate of drug-likeness (QED) is 0.682. The summed E-state index contributed by atoms with van der Waals surface area (Å²) < 4.78 is 5.87. The van der Waals surface area contributed by atoms with E-state index in [4.69, 9.17) is 9.84 Å². The lowest BCUT2D eigenvalue weighted by Crippen LogP contribution is -2.41. The first-order valence-electron chi connectivity index (χ1n) is 7.80. The second-order valence-electron chi connectivity index (χ2n) is 5.96. The van der Waals surface area contributed by atoms with Crippen molar-refractivity contribution in [1.29, 1.82) is 0 Å². The van der Waals surface area contributed by atoms with E-state index in [1.807, 2.05) is 25.1 Å². The van der Waals surface area contributed by atoms with Crippen molar-refractivity contribution in [2.24, 2.45) is 0 Å².